The maximum Gasteiger partial charge on any atom is 0.242 e. The van der Waals surface area contributed by atoms with Crippen molar-refractivity contribution in [3.05, 3.63) is 28.5 Å². The summed E-state index contributed by atoms with van der Waals surface area (Å²) in [5.74, 6) is 0.866. The van der Waals surface area contributed by atoms with Gasteiger partial charge in [0.1, 0.15) is 5.82 Å². The lowest BCUT2D eigenvalue weighted by Gasteiger charge is -2.11. The van der Waals surface area contributed by atoms with Crippen LogP contribution in [-0.2, 0) is 4.79 Å². The molecule has 0 spiro atoms. The molecular formula is C10H11BrClFN2OS. The molecule has 1 saturated heterocycles. The molecule has 7 heteroatoms. The van der Waals surface area contributed by atoms with Gasteiger partial charge in [-0.25, -0.2) is 4.39 Å². The molecule has 1 aliphatic rings. The van der Waals surface area contributed by atoms with Gasteiger partial charge in [0.25, 0.3) is 0 Å². The Balaban J connectivity index is 0.00000144. The summed E-state index contributed by atoms with van der Waals surface area (Å²) in [6.45, 7) is 0. The Morgan fingerprint density at radius 3 is 3.00 bits per heavy atom. The summed E-state index contributed by atoms with van der Waals surface area (Å²) in [6, 6.07) is 4.23. The zero-order chi connectivity index (χ0) is 11.5. The lowest BCUT2D eigenvalue weighted by molar-refractivity contribution is -0.117. The Bertz CT molecular complexity index is 415. The lowest BCUT2D eigenvalue weighted by Crippen LogP contribution is -2.37. The number of benzene rings is 1. The monoisotopic (exact) mass is 340 g/mol. The molecule has 1 aliphatic heterocycles. The summed E-state index contributed by atoms with van der Waals surface area (Å²) >= 11 is 4.89. The molecule has 1 heterocycles. The highest BCUT2D eigenvalue weighted by molar-refractivity contribution is 9.10. The highest BCUT2D eigenvalue weighted by Gasteiger charge is 2.23. The first-order chi connectivity index (χ1) is 7.66. The number of hydrogen-bond acceptors (Lipinski definition) is 3. The van der Waals surface area contributed by atoms with Gasteiger partial charge in [0, 0.05) is 16.1 Å². The van der Waals surface area contributed by atoms with E-state index in [2.05, 4.69) is 26.6 Å². The minimum Gasteiger partial charge on any atom is -0.322 e. The molecule has 1 amide bonds. The zero-order valence-electron chi connectivity index (χ0n) is 8.70. The molecule has 1 unspecified atom stereocenters. The van der Waals surface area contributed by atoms with Crippen molar-refractivity contribution in [1.82, 2.24) is 5.32 Å². The van der Waals surface area contributed by atoms with Crippen molar-refractivity contribution in [3.63, 3.8) is 0 Å². The number of rotatable bonds is 2. The van der Waals surface area contributed by atoms with E-state index in [0.29, 0.717) is 0 Å². The van der Waals surface area contributed by atoms with Crippen molar-refractivity contribution in [3.8, 4) is 0 Å². The van der Waals surface area contributed by atoms with E-state index < -0.39 is 5.82 Å². The van der Waals surface area contributed by atoms with E-state index in [1.54, 1.807) is 23.9 Å². The Labute approximate surface area is 117 Å². The summed E-state index contributed by atoms with van der Waals surface area (Å²) in [7, 11) is 0. The van der Waals surface area contributed by atoms with Crippen molar-refractivity contribution >= 4 is 51.7 Å². The Hall–Kier alpha value is -0.300. The molecule has 2 N–H and O–H groups in total. The molecule has 1 fully saturated rings. The molecule has 17 heavy (non-hydrogen) atoms. The van der Waals surface area contributed by atoms with Crippen LogP contribution >= 0.6 is 40.1 Å². The second kappa shape index (κ2) is 6.58. The van der Waals surface area contributed by atoms with Crippen LogP contribution in [0.5, 0.6) is 0 Å². The molecule has 0 aliphatic carbocycles. The molecule has 94 valence electrons. The second-order valence-corrected chi connectivity index (χ2v) is 5.33. The van der Waals surface area contributed by atoms with Gasteiger partial charge in [0.2, 0.25) is 5.91 Å². The maximum absolute atomic E-state index is 13.4. The number of anilines is 1. The van der Waals surface area contributed by atoms with Crippen LogP contribution < -0.4 is 10.6 Å². The molecule has 0 radical (unpaired) electrons. The molecule has 1 aromatic rings. The standard InChI is InChI=1S/C10H10BrFN2OS.ClH/c11-6-1-2-7(12)8(3-6)14-10(15)9-4-16-5-13-9;/h1-3,9,13H,4-5H2,(H,14,15);1H. The van der Waals surface area contributed by atoms with Crippen molar-refractivity contribution in [2.24, 2.45) is 0 Å². The molecule has 1 aromatic carbocycles. The van der Waals surface area contributed by atoms with E-state index in [1.165, 1.54) is 6.07 Å². The van der Waals surface area contributed by atoms with Gasteiger partial charge in [-0.1, -0.05) is 15.9 Å². The molecule has 0 aromatic heterocycles. The normalized spacial score (nSPS) is 18.6. The van der Waals surface area contributed by atoms with Gasteiger partial charge in [-0.2, -0.15) is 0 Å². The van der Waals surface area contributed by atoms with Crippen LogP contribution in [0, 0.1) is 5.82 Å². The SMILES string of the molecule is Cl.O=C(Nc1cc(Br)ccc1F)C1CSCN1. The van der Waals surface area contributed by atoms with Crippen LogP contribution in [0.1, 0.15) is 0 Å². The second-order valence-electron chi connectivity index (χ2n) is 3.39. The quantitative estimate of drug-likeness (QED) is 0.869. The third-order valence-electron chi connectivity index (χ3n) is 2.22. The Morgan fingerprint density at radius 2 is 2.35 bits per heavy atom. The predicted molar refractivity (Wildman–Crippen MR) is 74.2 cm³/mol. The first-order valence-electron chi connectivity index (χ1n) is 4.74. The van der Waals surface area contributed by atoms with Gasteiger partial charge in [0.15, 0.2) is 0 Å². The van der Waals surface area contributed by atoms with Crippen molar-refractivity contribution in [1.29, 1.82) is 0 Å². The van der Waals surface area contributed by atoms with Crippen molar-refractivity contribution in [2.45, 2.75) is 6.04 Å². The molecule has 0 saturated carbocycles. The van der Waals surface area contributed by atoms with E-state index in [-0.39, 0.29) is 30.0 Å². The van der Waals surface area contributed by atoms with Crippen molar-refractivity contribution < 1.29 is 9.18 Å². The molecule has 3 nitrogen and oxygen atoms in total. The first kappa shape index (κ1) is 14.8. The first-order valence-corrected chi connectivity index (χ1v) is 6.68. The highest BCUT2D eigenvalue weighted by Crippen LogP contribution is 2.21. The fourth-order valence-electron chi connectivity index (χ4n) is 1.38. The van der Waals surface area contributed by atoms with E-state index in [0.717, 1.165) is 16.1 Å². The van der Waals surface area contributed by atoms with E-state index in [4.69, 9.17) is 0 Å². The summed E-state index contributed by atoms with van der Waals surface area (Å²) in [4.78, 5) is 11.7. The minimum absolute atomic E-state index is 0. The van der Waals surface area contributed by atoms with Crippen LogP contribution in [0.3, 0.4) is 0 Å². The fourth-order valence-corrected chi connectivity index (χ4v) is 2.68. The number of thioether (sulfide) groups is 1. The maximum atomic E-state index is 13.4. The average Bonchev–Trinajstić information content (AvgIpc) is 2.76. The van der Waals surface area contributed by atoms with Crippen LogP contribution in [0.25, 0.3) is 0 Å². The van der Waals surface area contributed by atoms with Crippen LogP contribution in [0.2, 0.25) is 0 Å². The third-order valence-corrected chi connectivity index (χ3v) is 3.65. The summed E-state index contributed by atoms with van der Waals surface area (Å²) < 4.78 is 14.1. The van der Waals surface area contributed by atoms with Gasteiger partial charge in [-0.05, 0) is 18.2 Å². The van der Waals surface area contributed by atoms with Crippen LogP contribution in [-0.4, -0.2) is 23.6 Å². The fraction of sp³-hybridized carbons (Fsp3) is 0.300. The van der Waals surface area contributed by atoms with Gasteiger partial charge >= 0.3 is 0 Å². The van der Waals surface area contributed by atoms with Gasteiger partial charge in [-0.3, -0.25) is 10.1 Å². The van der Waals surface area contributed by atoms with Gasteiger partial charge in [0.05, 0.1) is 11.7 Å². The number of amides is 1. The van der Waals surface area contributed by atoms with E-state index in [9.17, 15) is 9.18 Å². The van der Waals surface area contributed by atoms with Crippen molar-refractivity contribution in [2.75, 3.05) is 16.9 Å². The summed E-state index contributed by atoms with van der Waals surface area (Å²) in [5, 5.41) is 5.60. The van der Waals surface area contributed by atoms with Gasteiger partial charge < -0.3 is 5.32 Å². The molecule has 0 bridgehead atoms. The van der Waals surface area contributed by atoms with E-state index >= 15 is 0 Å². The molecule has 2 rings (SSSR count). The smallest absolute Gasteiger partial charge is 0.242 e. The summed E-state index contributed by atoms with van der Waals surface area (Å²) in [5.41, 5.74) is 0.207. The third kappa shape index (κ3) is 3.84. The Kier molecular flexibility index (Phi) is 5.72. The molecular weight excluding hydrogens is 331 g/mol. The zero-order valence-corrected chi connectivity index (χ0v) is 11.9. The lowest BCUT2D eigenvalue weighted by atomic mass is 10.2. The van der Waals surface area contributed by atoms with Gasteiger partial charge in [-0.15, -0.1) is 24.2 Å². The number of hydrogen-bond donors (Lipinski definition) is 2. The number of halogens is 3. The average molecular weight is 342 g/mol. The topological polar surface area (TPSA) is 41.1 Å². The minimum atomic E-state index is -0.429. The summed E-state index contributed by atoms with van der Waals surface area (Å²) in [6.07, 6.45) is 0. The molecule has 1 atom stereocenters. The largest absolute Gasteiger partial charge is 0.322 e. The number of nitrogens with one attached hydrogen (secondary N) is 2. The van der Waals surface area contributed by atoms with Crippen LogP contribution in [0.15, 0.2) is 22.7 Å². The number of carbonyl (C=O) groups is 1. The highest BCUT2D eigenvalue weighted by atomic mass is 79.9. The number of carbonyl (C=O) groups excluding carboxylic acids is 1. The van der Waals surface area contributed by atoms with E-state index in [1.807, 2.05) is 0 Å². The predicted octanol–water partition coefficient (Wildman–Crippen LogP) is 2.61. The Morgan fingerprint density at radius 1 is 1.59 bits per heavy atom. The van der Waals surface area contributed by atoms with Crippen LogP contribution in [0.4, 0.5) is 10.1 Å².